The number of carbonyl (C=O) groups is 2. The van der Waals surface area contributed by atoms with Crippen molar-refractivity contribution in [3.63, 3.8) is 0 Å². The van der Waals surface area contributed by atoms with Crippen LogP contribution in [-0.2, 0) is 4.74 Å². The molecule has 0 aromatic rings. The Bertz CT molecular complexity index is 143. The average Bonchev–Trinajstić information content (AvgIpc) is 1.86. The van der Waals surface area contributed by atoms with E-state index in [1.54, 1.807) is 0 Å². The van der Waals surface area contributed by atoms with Crippen LogP contribution in [0.3, 0.4) is 0 Å². The number of amides is 2. The molecule has 0 spiro atoms. The number of hydrogen-bond donors (Lipinski definition) is 4. The smallest absolute Gasteiger partial charge is 1.00 e. The molecule has 0 bridgehead atoms. The number of carbonyl (C=O) groups excluding carboxylic acids is 2. The van der Waals surface area contributed by atoms with Crippen LogP contribution in [0.15, 0.2) is 12.8 Å². The Hall–Kier alpha value is 0.816. The maximum absolute atomic E-state index is 9.09. The van der Waals surface area contributed by atoms with Crippen LogP contribution in [0, 0.1) is 0 Å². The fourth-order valence-corrected chi connectivity index (χ4v) is 0.118. The summed E-state index contributed by atoms with van der Waals surface area (Å²) in [7, 11) is 0. The third kappa shape index (κ3) is 226. The van der Waals surface area contributed by atoms with Crippen molar-refractivity contribution in [1.29, 1.82) is 0 Å². The zero-order valence-corrected chi connectivity index (χ0v) is 13.2. The second kappa shape index (κ2) is 23.6. The second-order valence-electron chi connectivity index (χ2n) is 1.30. The van der Waals surface area contributed by atoms with E-state index < -0.39 is 10.5 Å². The Morgan fingerprint density at radius 3 is 1.64 bits per heavy atom. The van der Waals surface area contributed by atoms with Gasteiger partial charge in [0.15, 0.2) is 0 Å². The normalized spacial score (nSPS) is 5.93. The predicted molar refractivity (Wildman–Crippen MR) is 60.1 cm³/mol. The Labute approximate surface area is 139 Å². The Kier molecular flexibility index (Phi) is 40.7. The topological polar surface area (TPSA) is 95.4 Å². The summed E-state index contributed by atoms with van der Waals surface area (Å²) in [4.78, 5) is 18.2. The summed E-state index contributed by atoms with van der Waals surface area (Å²) in [6.45, 7) is 5.97. The van der Waals surface area contributed by atoms with Crippen LogP contribution in [0.2, 0.25) is 0 Å². The molecule has 0 aliphatic rings. The van der Waals surface area contributed by atoms with E-state index in [2.05, 4.69) is 48.0 Å². The molecule has 0 unspecified atom stereocenters. The molecular weight excluding hydrogens is 251 g/mol. The number of hydrogen-bond acceptors (Lipinski definition) is 3. The summed E-state index contributed by atoms with van der Waals surface area (Å²) in [6.07, 6.45) is 1.43. The van der Waals surface area contributed by atoms with Gasteiger partial charge >= 0.3 is 51.4 Å². The van der Waals surface area contributed by atoms with Crippen molar-refractivity contribution >= 4 is 35.7 Å². The molecule has 5 nitrogen and oxygen atoms in total. The van der Waals surface area contributed by atoms with Gasteiger partial charge in [-0.1, -0.05) is 31.8 Å². The number of primary amides is 2. The van der Waals surface area contributed by atoms with Crippen LogP contribution < -0.4 is 62.9 Å². The van der Waals surface area contributed by atoms with Crippen molar-refractivity contribution in [2.24, 2.45) is 11.5 Å². The first kappa shape index (κ1) is 24.2. The van der Waals surface area contributed by atoms with Gasteiger partial charge in [0.25, 0.3) is 10.5 Å². The molecule has 0 radical (unpaired) electrons. The Morgan fingerprint density at radius 1 is 1.43 bits per heavy atom. The van der Waals surface area contributed by atoms with E-state index >= 15 is 0 Å². The number of rotatable bonds is 2. The minimum atomic E-state index is -0.639. The second-order valence-corrected chi connectivity index (χ2v) is 2.18. The van der Waals surface area contributed by atoms with E-state index in [9.17, 15) is 0 Å². The summed E-state index contributed by atoms with van der Waals surface area (Å²) >= 11 is 6.21. The fraction of sp³-hybridized carbons (Fsp3) is 0.333. The van der Waals surface area contributed by atoms with E-state index in [0.717, 1.165) is 6.61 Å². The molecule has 0 atom stereocenters. The number of thiol groups is 2. The Balaban J connectivity index is -0.0000000315. The van der Waals surface area contributed by atoms with Gasteiger partial charge < -0.3 is 17.6 Å². The minimum Gasteiger partial charge on any atom is -1.00 e. The average molecular weight is 266 g/mol. The maximum atomic E-state index is 9.09. The van der Waals surface area contributed by atoms with E-state index in [-0.39, 0.29) is 52.8 Å². The molecule has 4 N–H and O–H groups in total. The van der Waals surface area contributed by atoms with Crippen molar-refractivity contribution in [3.05, 3.63) is 12.8 Å². The monoisotopic (exact) mass is 266 g/mol. The summed E-state index contributed by atoms with van der Waals surface area (Å²) in [5.41, 5.74) is 8.67. The van der Waals surface area contributed by atoms with Gasteiger partial charge in [-0.2, -0.15) is 0 Å². The first-order valence-corrected chi connectivity index (χ1v) is 3.97. The van der Waals surface area contributed by atoms with Crippen LogP contribution in [0.4, 0.5) is 9.59 Å². The van der Waals surface area contributed by atoms with Crippen molar-refractivity contribution in [2.75, 3.05) is 6.61 Å². The minimum absolute atomic E-state index is 0. The molecule has 0 rings (SSSR count). The van der Waals surface area contributed by atoms with Gasteiger partial charge in [0.1, 0.15) is 0 Å². The van der Waals surface area contributed by atoms with Crippen LogP contribution in [0.1, 0.15) is 8.35 Å². The molecule has 0 saturated heterocycles. The van der Waals surface area contributed by atoms with Gasteiger partial charge in [-0.15, -0.1) is 0 Å². The molecule has 0 aromatic heterocycles. The molecule has 0 heterocycles. The summed E-state index contributed by atoms with van der Waals surface area (Å²) in [5.74, 6) is 0. The van der Waals surface area contributed by atoms with Crippen molar-refractivity contribution in [2.45, 2.75) is 6.92 Å². The Morgan fingerprint density at radius 2 is 1.64 bits per heavy atom. The summed E-state index contributed by atoms with van der Waals surface area (Å²) in [6, 6.07) is 0. The number of ether oxygens (including phenoxy) is 1. The quantitative estimate of drug-likeness (QED) is 0.272. The van der Waals surface area contributed by atoms with E-state index in [4.69, 9.17) is 9.59 Å². The molecule has 8 heteroatoms. The molecule has 80 valence electrons. The molecule has 0 aromatic carbocycles. The summed E-state index contributed by atoms with van der Waals surface area (Å²) in [5, 5.41) is -1.28. The zero-order chi connectivity index (χ0) is 11.3. The molecule has 0 aliphatic heterocycles. The molecular formula is C6H15KN2O3S2. The molecule has 2 amide bonds. The maximum Gasteiger partial charge on any atom is 1.00 e. The van der Waals surface area contributed by atoms with Crippen molar-refractivity contribution < 1.29 is 67.1 Å². The predicted octanol–water partition coefficient (Wildman–Crippen LogP) is -1.73. The third-order valence-corrected chi connectivity index (χ3v) is 0.285. The number of nitrogens with two attached hydrogens (primary N) is 2. The fourth-order valence-electron chi connectivity index (χ4n) is 0.118. The first-order chi connectivity index (χ1) is 5.88. The van der Waals surface area contributed by atoms with Gasteiger partial charge in [-0.3, -0.25) is 9.59 Å². The first-order valence-electron chi connectivity index (χ1n) is 3.07. The van der Waals surface area contributed by atoms with E-state index in [1.165, 1.54) is 6.26 Å². The standard InChI is InChI=1S/C4H8O.2CH3NOS.K.H/c1-3-5-4-2;2*2-1(3)4;;/h3H,1,4H2,2H3;2*(H3,2,3,4);;/q;;;+1;-1. The van der Waals surface area contributed by atoms with E-state index in [1.807, 2.05) is 6.92 Å². The van der Waals surface area contributed by atoms with Crippen molar-refractivity contribution in [3.8, 4) is 0 Å². The molecule has 0 fully saturated rings. The van der Waals surface area contributed by atoms with Crippen LogP contribution >= 0.6 is 25.3 Å². The van der Waals surface area contributed by atoms with E-state index in [0.29, 0.717) is 0 Å². The van der Waals surface area contributed by atoms with Crippen LogP contribution in [0.25, 0.3) is 0 Å². The van der Waals surface area contributed by atoms with Crippen LogP contribution in [-0.4, -0.2) is 17.1 Å². The van der Waals surface area contributed by atoms with Crippen LogP contribution in [0.5, 0.6) is 0 Å². The van der Waals surface area contributed by atoms with Gasteiger partial charge in [0, 0.05) is 0 Å². The molecule has 0 aliphatic carbocycles. The van der Waals surface area contributed by atoms with Gasteiger partial charge in [0.05, 0.1) is 12.9 Å². The van der Waals surface area contributed by atoms with Gasteiger partial charge in [-0.05, 0) is 6.92 Å². The molecule has 0 saturated carbocycles. The van der Waals surface area contributed by atoms with Gasteiger partial charge in [-0.25, -0.2) is 0 Å². The SMILES string of the molecule is C=COCC.NC(=O)S.NC(=O)S.[H-].[K+]. The third-order valence-electron chi connectivity index (χ3n) is 0.285. The van der Waals surface area contributed by atoms with Gasteiger partial charge in [0.2, 0.25) is 0 Å². The molecule has 14 heavy (non-hydrogen) atoms. The largest absolute Gasteiger partial charge is 1.00 e. The van der Waals surface area contributed by atoms with Crippen molar-refractivity contribution in [1.82, 2.24) is 0 Å². The zero-order valence-electron chi connectivity index (χ0n) is 9.27. The summed E-state index contributed by atoms with van der Waals surface area (Å²) < 4.78 is 4.60.